The fourth-order valence-corrected chi connectivity index (χ4v) is 5.29. The van der Waals surface area contributed by atoms with E-state index in [0.29, 0.717) is 0 Å². The Morgan fingerprint density at radius 1 is 1.03 bits per heavy atom. The standard InChI is InChI=1S/C28H30N2O5/c1-2-15-30(17-27(32)33)26(31)16-19-9-3-8-14-25(19)29-28(34)35-18-24-22-12-6-4-10-20(22)21-11-5-7-13-23(21)24/h1,4-7,10-13,19,24-25H,3,8-9,14-18H2,(H,29,34)(H,32,33)/t19-,25-/m0/s1. The lowest BCUT2D eigenvalue weighted by Crippen LogP contribution is -2.45. The number of aliphatic carboxylic acids is 1. The monoisotopic (exact) mass is 474 g/mol. The number of fused-ring (bicyclic) bond motifs is 3. The number of alkyl carbamates (subject to hydrolysis) is 1. The van der Waals surface area contributed by atoms with E-state index in [1.165, 1.54) is 16.0 Å². The summed E-state index contributed by atoms with van der Waals surface area (Å²) in [5, 5.41) is 12.0. The van der Waals surface area contributed by atoms with E-state index in [2.05, 4.69) is 35.5 Å². The maximum Gasteiger partial charge on any atom is 0.407 e. The van der Waals surface area contributed by atoms with Crippen molar-refractivity contribution in [3.05, 3.63) is 59.7 Å². The largest absolute Gasteiger partial charge is 0.480 e. The third-order valence-corrected chi connectivity index (χ3v) is 6.95. The number of nitrogens with one attached hydrogen (secondary N) is 1. The van der Waals surface area contributed by atoms with Gasteiger partial charge < -0.3 is 20.1 Å². The highest BCUT2D eigenvalue weighted by molar-refractivity contribution is 5.82. The summed E-state index contributed by atoms with van der Waals surface area (Å²) < 4.78 is 5.68. The Morgan fingerprint density at radius 2 is 1.66 bits per heavy atom. The Balaban J connectivity index is 1.37. The molecule has 1 saturated carbocycles. The molecule has 2 aromatic carbocycles. The molecular formula is C28H30N2O5. The van der Waals surface area contributed by atoms with Gasteiger partial charge in [0.25, 0.3) is 0 Å². The highest BCUT2D eigenvalue weighted by Gasteiger charge is 2.32. The number of terminal acetylenes is 1. The Bertz CT molecular complexity index is 1090. The van der Waals surface area contributed by atoms with Crippen LogP contribution in [-0.2, 0) is 14.3 Å². The lowest BCUT2D eigenvalue weighted by Gasteiger charge is -2.32. The summed E-state index contributed by atoms with van der Waals surface area (Å²) in [6.07, 6.45) is 8.37. The second-order valence-electron chi connectivity index (χ2n) is 9.17. The van der Waals surface area contributed by atoms with E-state index in [4.69, 9.17) is 16.3 Å². The molecule has 7 nitrogen and oxygen atoms in total. The van der Waals surface area contributed by atoms with Crippen LogP contribution in [0.5, 0.6) is 0 Å². The minimum Gasteiger partial charge on any atom is -0.480 e. The van der Waals surface area contributed by atoms with E-state index in [0.717, 1.165) is 36.8 Å². The van der Waals surface area contributed by atoms with Crippen LogP contribution in [0.2, 0.25) is 0 Å². The number of carboxylic acids is 1. The van der Waals surface area contributed by atoms with Gasteiger partial charge in [0.2, 0.25) is 5.91 Å². The van der Waals surface area contributed by atoms with Gasteiger partial charge >= 0.3 is 12.1 Å². The topological polar surface area (TPSA) is 95.9 Å². The van der Waals surface area contributed by atoms with Crippen LogP contribution in [-0.4, -0.2) is 53.7 Å². The van der Waals surface area contributed by atoms with Crippen molar-refractivity contribution in [3.63, 3.8) is 0 Å². The second kappa shape index (κ2) is 11.1. The van der Waals surface area contributed by atoms with E-state index >= 15 is 0 Å². The maximum absolute atomic E-state index is 12.8. The normalized spacial score (nSPS) is 18.6. The van der Waals surface area contributed by atoms with Crippen LogP contribution in [0.15, 0.2) is 48.5 Å². The molecule has 7 heteroatoms. The SMILES string of the molecule is C#CCN(CC(=O)O)C(=O)C[C@@H]1CCCC[C@@H]1NC(=O)OCC1c2ccccc2-c2ccccc21. The first kappa shape index (κ1) is 24.3. The van der Waals surface area contributed by atoms with Crippen molar-refractivity contribution in [2.24, 2.45) is 5.92 Å². The van der Waals surface area contributed by atoms with Gasteiger partial charge in [-0.1, -0.05) is 67.3 Å². The number of hydrogen-bond acceptors (Lipinski definition) is 4. The number of hydrogen-bond donors (Lipinski definition) is 2. The molecule has 0 spiro atoms. The van der Waals surface area contributed by atoms with Crippen molar-refractivity contribution in [2.75, 3.05) is 19.7 Å². The van der Waals surface area contributed by atoms with E-state index < -0.39 is 18.6 Å². The van der Waals surface area contributed by atoms with Crippen LogP contribution in [0.1, 0.15) is 49.1 Å². The Kier molecular flexibility index (Phi) is 7.71. The van der Waals surface area contributed by atoms with Gasteiger partial charge in [0.15, 0.2) is 0 Å². The van der Waals surface area contributed by atoms with Gasteiger partial charge in [-0.15, -0.1) is 6.42 Å². The Hall–Kier alpha value is -3.79. The van der Waals surface area contributed by atoms with Gasteiger partial charge in [0.05, 0.1) is 6.54 Å². The minimum atomic E-state index is -1.11. The summed E-state index contributed by atoms with van der Waals surface area (Å²) >= 11 is 0. The van der Waals surface area contributed by atoms with E-state index in [1.54, 1.807) is 0 Å². The van der Waals surface area contributed by atoms with Crippen LogP contribution in [0, 0.1) is 18.3 Å². The zero-order valence-corrected chi connectivity index (χ0v) is 19.6. The average Bonchev–Trinajstić information content (AvgIpc) is 3.17. The van der Waals surface area contributed by atoms with Crippen LogP contribution in [0.3, 0.4) is 0 Å². The minimum absolute atomic E-state index is 0.0229. The summed E-state index contributed by atoms with van der Waals surface area (Å²) in [4.78, 5) is 37.8. The highest BCUT2D eigenvalue weighted by atomic mass is 16.5. The lowest BCUT2D eigenvalue weighted by atomic mass is 9.82. The predicted octanol–water partition coefficient (Wildman–Crippen LogP) is 4.02. The Morgan fingerprint density at radius 3 is 2.29 bits per heavy atom. The molecule has 2 N–H and O–H groups in total. The highest BCUT2D eigenvalue weighted by Crippen LogP contribution is 2.44. The fraction of sp³-hybridized carbons (Fsp3) is 0.393. The van der Waals surface area contributed by atoms with E-state index in [9.17, 15) is 14.4 Å². The molecule has 2 aromatic rings. The van der Waals surface area contributed by atoms with Crippen LogP contribution < -0.4 is 5.32 Å². The first-order valence-corrected chi connectivity index (χ1v) is 12.0. The van der Waals surface area contributed by atoms with Crippen molar-refractivity contribution in [1.29, 1.82) is 0 Å². The summed E-state index contributed by atoms with van der Waals surface area (Å²) in [6, 6.07) is 16.1. The number of carbonyl (C=O) groups excluding carboxylic acids is 2. The van der Waals surface area contributed by atoms with Crippen molar-refractivity contribution in [2.45, 2.75) is 44.1 Å². The first-order valence-electron chi connectivity index (χ1n) is 12.0. The van der Waals surface area contributed by atoms with E-state index in [-0.39, 0.29) is 43.4 Å². The van der Waals surface area contributed by atoms with Gasteiger partial charge in [-0.05, 0) is 41.0 Å². The van der Waals surface area contributed by atoms with Gasteiger partial charge in [0, 0.05) is 18.4 Å². The number of carboxylic acid groups (broad SMARTS) is 1. The van der Waals surface area contributed by atoms with Crippen molar-refractivity contribution >= 4 is 18.0 Å². The number of rotatable bonds is 8. The average molecular weight is 475 g/mol. The van der Waals surface area contributed by atoms with Crippen molar-refractivity contribution in [1.82, 2.24) is 10.2 Å². The molecule has 2 aliphatic carbocycles. The maximum atomic E-state index is 12.8. The molecule has 0 aromatic heterocycles. The Labute approximate surface area is 205 Å². The summed E-state index contributed by atoms with van der Waals surface area (Å²) in [6.45, 7) is -0.257. The third kappa shape index (κ3) is 5.65. The molecule has 0 heterocycles. The van der Waals surface area contributed by atoms with Crippen LogP contribution in [0.25, 0.3) is 11.1 Å². The number of nitrogens with zero attached hydrogens (tertiary/aromatic N) is 1. The van der Waals surface area contributed by atoms with Crippen LogP contribution in [0.4, 0.5) is 4.79 Å². The molecule has 0 bridgehead atoms. The molecule has 0 unspecified atom stereocenters. The summed E-state index contributed by atoms with van der Waals surface area (Å²) in [5.74, 6) is 0.815. The zero-order chi connectivity index (χ0) is 24.8. The van der Waals surface area contributed by atoms with Crippen LogP contribution >= 0.6 is 0 Å². The number of carbonyl (C=O) groups is 3. The molecule has 2 amide bonds. The van der Waals surface area contributed by atoms with Gasteiger partial charge in [-0.25, -0.2) is 4.79 Å². The number of amides is 2. The molecule has 4 rings (SSSR count). The van der Waals surface area contributed by atoms with Crippen molar-refractivity contribution in [3.8, 4) is 23.5 Å². The smallest absolute Gasteiger partial charge is 0.407 e. The lowest BCUT2D eigenvalue weighted by molar-refractivity contribution is -0.144. The molecule has 0 radical (unpaired) electrons. The molecule has 35 heavy (non-hydrogen) atoms. The molecule has 2 atom stereocenters. The molecule has 182 valence electrons. The molecule has 2 aliphatic rings. The van der Waals surface area contributed by atoms with Gasteiger partial charge in [0.1, 0.15) is 13.2 Å². The third-order valence-electron chi connectivity index (χ3n) is 6.95. The molecular weight excluding hydrogens is 444 g/mol. The molecule has 1 fully saturated rings. The molecule has 0 aliphatic heterocycles. The zero-order valence-electron chi connectivity index (χ0n) is 19.6. The second-order valence-corrected chi connectivity index (χ2v) is 9.17. The summed E-state index contributed by atoms with van der Waals surface area (Å²) in [7, 11) is 0. The quantitative estimate of drug-likeness (QED) is 0.564. The predicted molar refractivity (Wildman–Crippen MR) is 132 cm³/mol. The van der Waals surface area contributed by atoms with Crippen molar-refractivity contribution < 1.29 is 24.2 Å². The number of benzene rings is 2. The van der Waals surface area contributed by atoms with Gasteiger partial charge in [-0.3, -0.25) is 9.59 Å². The molecule has 0 saturated heterocycles. The fourth-order valence-electron chi connectivity index (χ4n) is 5.29. The van der Waals surface area contributed by atoms with E-state index in [1.807, 2.05) is 24.3 Å². The number of ether oxygens (including phenoxy) is 1. The summed E-state index contributed by atoms with van der Waals surface area (Å²) in [5.41, 5.74) is 4.63. The van der Waals surface area contributed by atoms with Gasteiger partial charge in [-0.2, -0.15) is 0 Å². The first-order chi connectivity index (χ1) is 17.0.